The number of nitrogens with one attached hydrogen (secondary N) is 2. The molecule has 1 saturated carbocycles. The van der Waals surface area contributed by atoms with E-state index in [9.17, 15) is 9.59 Å². The highest BCUT2D eigenvalue weighted by Crippen LogP contribution is 2.20. The fourth-order valence-corrected chi connectivity index (χ4v) is 3.36. The van der Waals surface area contributed by atoms with Gasteiger partial charge in [0, 0.05) is 39.3 Å². The van der Waals surface area contributed by atoms with Gasteiger partial charge in [-0.3, -0.25) is 24.1 Å². The lowest BCUT2D eigenvalue weighted by Crippen LogP contribution is -2.54. The quantitative estimate of drug-likeness (QED) is 0.759. The molecule has 2 heterocycles. The van der Waals surface area contributed by atoms with Gasteiger partial charge < -0.3 is 10.6 Å². The predicted molar refractivity (Wildman–Crippen MR) is 100.0 cm³/mol. The first-order chi connectivity index (χ1) is 12.3. The number of aromatic nitrogens is 2. The maximum absolute atomic E-state index is 12.6. The molecule has 8 heteroatoms. The monoisotopic (exact) mass is 362 g/mol. The van der Waals surface area contributed by atoms with Crippen LogP contribution in [0.25, 0.3) is 0 Å². The third-order valence-electron chi connectivity index (χ3n) is 5.40. The molecule has 3 rings (SSSR count). The van der Waals surface area contributed by atoms with Crippen LogP contribution in [0.2, 0.25) is 0 Å². The molecule has 0 spiro atoms. The van der Waals surface area contributed by atoms with Crippen LogP contribution < -0.4 is 10.6 Å². The van der Waals surface area contributed by atoms with Gasteiger partial charge in [0.25, 0.3) is 0 Å². The molecule has 8 nitrogen and oxygen atoms in total. The summed E-state index contributed by atoms with van der Waals surface area (Å²) in [7, 11) is 1.88. The Labute approximate surface area is 154 Å². The van der Waals surface area contributed by atoms with Crippen molar-refractivity contribution >= 4 is 17.5 Å². The highest BCUT2D eigenvalue weighted by Gasteiger charge is 2.28. The number of hydrogen-bond donors (Lipinski definition) is 2. The van der Waals surface area contributed by atoms with Gasteiger partial charge in [-0.2, -0.15) is 5.10 Å². The lowest BCUT2D eigenvalue weighted by Gasteiger charge is -2.37. The molecular formula is C18H30N6O2. The zero-order valence-corrected chi connectivity index (χ0v) is 16.2. The van der Waals surface area contributed by atoms with Crippen LogP contribution in [0.5, 0.6) is 0 Å². The summed E-state index contributed by atoms with van der Waals surface area (Å²) in [5.41, 5.74) is 2.59. The van der Waals surface area contributed by atoms with Crippen molar-refractivity contribution in [2.45, 2.75) is 45.7 Å². The summed E-state index contributed by atoms with van der Waals surface area (Å²) in [6, 6.07) is 0.198. The zero-order chi connectivity index (χ0) is 18.8. The van der Waals surface area contributed by atoms with Crippen molar-refractivity contribution in [3.8, 4) is 0 Å². The summed E-state index contributed by atoms with van der Waals surface area (Å²) < 4.78 is 1.78. The van der Waals surface area contributed by atoms with E-state index < -0.39 is 0 Å². The van der Waals surface area contributed by atoms with Crippen molar-refractivity contribution < 1.29 is 9.59 Å². The average Bonchev–Trinajstić information content (AvgIpc) is 3.38. The lowest BCUT2D eigenvalue weighted by molar-refractivity contribution is -0.124. The normalized spacial score (nSPS) is 20.0. The molecule has 1 aliphatic carbocycles. The smallest absolute Gasteiger partial charge is 0.241 e. The van der Waals surface area contributed by atoms with Gasteiger partial charge >= 0.3 is 0 Å². The van der Waals surface area contributed by atoms with E-state index in [2.05, 4.69) is 25.5 Å². The first-order valence-electron chi connectivity index (χ1n) is 9.42. The van der Waals surface area contributed by atoms with Crippen molar-refractivity contribution in [2.75, 3.05) is 38.0 Å². The minimum Gasteiger partial charge on any atom is -0.352 e. The molecule has 1 unspecified atom stereocenters. The summed E-state index contributed by atoms with van der Waals surface area (Å²) in [6.45, 7) is 9.43. The number of carbonyl (C=O) groups excluding carboxylic acids is 2. The van der Waals surface area contributed by atoms with Crippen LogP contribution in [0.1, 0.15) is 31.2 Å². The van der Waals surface area contributed by atoms with Gasteiger partial charge in [-0.25, -0.2) is 0 Å². The topological polar surface area (TPSA) is 82.5 Å². The summed E-state index contributed by atoms with van der Waals surface area (Å²) >= 11 is 0. The Bertz CT molecular complexity index is 673. The fourth-order valence-electron chi connectivity index (χ4n) is 3.36. The second-order valence-electron chi connectivity index (χ2n) is 7.49. The Balaban J connectivity index is 1.47. The summed E-state index contributed by atoms with van der Waals surface area (Å²) in [5.74, 6) is 0.110. The number of amides is 2. The largest absolute Gasteiger partial charge is 0.352 e. The number of rotatable bonds is 6. The molecule has 2 aliphatic rings. The molecule has 1 aromatic rings. The van der Waals surface area contributed by atoms with E-state index in [4.69, 9.17) is 0 Å². The van der Waals surface area contributed by atoms with Crippen molar-refractivity contribution in [2.24, 2.45) is 7.05 Å². The summed E-state index contributed by atoms with van der Waals surface area (Å²) in [6.07, 6.45) is 2.23. The molecule has 2 amide bonds. The number of piperazine rings is 1. The van der Waals surface area contributed by atoms with Crippen LogP contribution >= 0.6 is 0 Å². The third-order valence-corrected chi connectivity index (χ3v) is 5.40. The maximum atomic E-state index is 12.6. The highest BCUT2D eigenvalue weighted by atomic mass is 16.2. The Morgan fingerprint density at radius 2 is 1.85 bits per heavy atom. The SMILES string of the molecule is Cc1nn(C)c(C)c1NC(=O)C(C)N1CCN(CC(=O)NC2CC2)CC1. The number of aryl methyl sites for hydroxylation is 2. The first-order valence-corrected chi connectivity index (χ1v) is 9.42. The van der Waals surface area contributed by atoms with Gasteiger partial charge in [0.1, 0.15) is 0 Å². The highest BCUT2D eigenvalue weighted by molar-refractivity contribution is 5.95. The van der Waals surface area contributed by atoms with E-state index in [0.717, 1.165) is 56.1 Å². The average molecular weight is 362 g/mol. The molecule has 1 aliphatic heterocycles. The molecule has 0 radical (unpaired) electrons. The fraction of sp³-hybridized carbons (Fsp3) is 0.722. The number of anilines is 1. The molecule has 1 atom stereocenters. The predicted octanol–water partition coefficient (Wildman–Crippen LogP) is 0.260. The number of carbonyl (C=O) groups is 2. The standard InChI is InChI=1S/C18H30N6O2/c1-12-17(13(2)22(4)21-12)20-18(26)14(3)24-9-7-23(8-10-24)11-16(25)19-15-5-6-15/h14-15H,5-11H2,1-4H3,(H,19,25)(H,20,26). The second kappa shape index (κ2) is 7.75. The Morgan fingerprint density at radius 1 is 1.19 bits per heavy atom. The number of hydrogen-bond acceptors (Lipinski definition) is 5. The van der Waals surface area contributed by atoms with E-state index in [1.54, 1.807) is 4.68 Å². The Morgan fingerprint density at radius 3 is 2.38 bits per heavy atom. The van der Waals surface area contributed by atoms with Crippen molar-refractivity contribution in [1.29, 1.82) is 0 Å². The number of nitrogens with zero attached hydrogens (tertiary/aromatic N) is 4. The van der Waals surface area contributed by atoms with Gasteiger partial charge in [0.2, 0.25) is 11.8 Å². The molecular weight excluding hydrogens is 332 g/mol. The Kier molecular flexibility index (Phi) is 5.62. The maximum Gasteiger partial charge on any atom is 0.241 e. The molecule has 1 aromatic heterocycles. The van der Waals surface area contributed by atoms with Crippen LogP contribution in [0.4, 0.5) is 5.69 Å². The van der Waals surface area contributed by atoms with Gasteiger partial charge in [-0.15, -0.1) is 0 Å². The van der Waals surface area contributed by atoms with E-state index >= 15 is 0 Å². The van der Waals surface area contributed by atoms with Crippen molar-refractivity contribution in [1.82, 2.24) is 24.9 Å². The van der Waals surface area contributed by atoms with E-state index in [-0.39, 0.29) is 17.9 Å². The third kappa shape index (κ3) is 4.42. The first kappa shape index (κ1) is 18.8. The summed E-state index contributed by atoms with van der Waals surface area (Å²) in [4.78, 5) is 28.9. The molecule has 0 bridgehead atoms. The van der Waals surface area contributed by atoms with Gasteiger partial charge in [0.15, 0.2) is 0 Å². The molecule has 0 aromatic carbocycles. The molecule has 2 fully saturated rings. The molecule has 1 saturated heterocycles. The van der Waals surface area contributed by atoms with Gasteiger partial charge in [-0.1, -0.05) is 0 Å². The summed E-state index contributed by atoms with van der Waals surface area (Å²) in [5, 5.41) is 10.4. The van der Waals surface area contributed by atoms with Gasteiger partial charge in [-0.05, 0) is 33.6 Å². The minimum absolute atomic E-state index is 0.0101. The van der Waals surface area contributed by atoms with E-state index in [1.165, 1.54) is 0 Å². The van der Waals surface area contributed by atoms with Gasteiger partial charge in [0.05, 0.1) is 29.7 Å². The van der Waals surface area contributed by atoms with Crippen molar-refractivity contribution in [3.05, 3.63) is 11.4 Å². The Hall–Kier alpha value is -1.93. The van der Waals surface area contributed by atoms with Crippen LogP contribution in [-0.2, 0) is 16.6 Å². The van der Waals surface area contributed by atoms with Crippen LogP contribution in [0.15, 0.2) is 0 Å². The van der Waals surface area contributed by atoms with Crippen LogP contribution in [0, 0.1) is 13.8 Å². The van der Waals surface area contributed by atoms with Crippen LogP contribution in [0.3, 0.4) is 0 Å². The second-order valence-corrected chi connectivity index (χ2v) is 7.49. The molecule has 2 N–H and O–H groups in total. The van der Waals surface area contributed by atoms with E-state index in [1.807, 2.05) is 27.8 Å². The van der Waals surface area contributed by atoms with Crippen molar-refractivity contribution in [3.63, 3.8) is 0 Å². The molecule has 26 heavy (non-hydrogen) atoms. The van der Waals surface area contributed by atoms with E-state index in [0.29, 0.717) is 12.6 Å². The zero-order valence-electron chi connectivity index (χ0n) is 16.2. The molecule has 144 valence electrons. The minimum atomic E-state index is -0.212. The lowest BCUT2D eigenvalue weighted by atomic mass is 10.2. The van der Waals surface area contributed by atoms with Crippen LogP contribution in [-0.4, -0.2) is 76.2 Å².